The maximum absolute atomic E-state index is 12.9. The number of benzene rings is 1. The van der Waals surface area contributed by atoms with Gasteiger partial charge in [-0.1, -0.05) is 6.07 Å². The van der Waals surface area contributed by atoms with E-state index in [9.17, 15) is 22.8 Å². The lowest BCUT2D eigenvalue weighted by Crippen LogP contribution is -2.40. The van der Waals surface area contributed by atoms with Gasteiger partial charge in [0.25, 0.3) is 0 Å². The van der Waals surface area contributed by atoms with Gasteiger partial charge < -0.3 is 5.11 Å². The number of amides is 2. The SMILES string of the molecule is O=C1CCC(c2ccc(O)cc2C(F)(F)F)C(=O)N1. The monoisotopic (exact) mass is 273 g/mol. The molecule has 1 aliphatic rings. The lowest BCUT2D eigenvalue weighted by atomic mass is 9.87. The van der Waals surface area contributed by atoms with Gasteiger partial charge >= 0.3 is 6.18 Å². The van der Waals surface area contributed by atoms with Crippen molar-refractivity contribution in [3.8, 4) is 5.75 Å². The number of phenols is 1. The zero-order chi connectivity index (χ0) is 14.2. The molecule has 0 bridgehead atoms. The van der Waals surface area contributed by atoms with Crippen molar-refractivity contribution < 1.29 is 27.9 Å². The molecule has 2 rings (SSSR count). The van der Waals surface area contributed by atoms with E-state index in [1.54, 1.807) is 0 Å². The van der Waals surface area contributed by atoms with E-state index in [2.05, 4.69) is 0 Å². The zero-order valence-electron chi connectivity index (χ0n) is 9.62. The Morgan fingerprint density at radius 2 is 1.95 bits per heavy atom. The Balaban J connectivity index is 2.45. The number of aromatic hydroxyl groups is 1. The summed E-state index contributed by atoms with van der Waals surface area (Å²) >= 11 is 0. The Bertz CT molecular complexity index is 540. The van der Waals surface area contributed by atoms with Crippen LogP contribution in [0.25, 0.3) is 0 Å². The van der Waals surface area contributed by atoms with Gasteiger partial charge in [0.15, 0.2) is 0 Å². The van der Waals surface area contributed by atoms with E-state index in [0.717, 1.165) is 12.1 Å². The second kappa shape index (κ2) is 4.56. The molecule has 1 unspecified atom stereocenters. The molecule has 4 nitrogen and oxygen atoms in total. The van der Waals surface area contributed by atoms with Gasteiger partial charge in [0, 0.05) is 6.42 Å². The van der Waals surface area contributed by atoms with E-state index in [-0.39, 0.29) is 18.4 Å². The molecule has 1 saturated heterocycles. The van der Waals surface area contributed by atoms with E-state index in [0.29, 0.717) is 6.07 Å². The van der Waals surface area contributed by atoms with Crippen LogP contribution in [-0.2, 0) is 15.8 Å². The van der Waals surface area contributed by atoms with Crippen LogP contribution in [0.15, 0.2) is 18.2 Å². The van der Waals surface area contributed by atoms with Crippen molar-refractivity contribution in [3.63, 3.8) is 0 Å². The molecule has 1 atom stereocenters. The Morgan fingerprint density at radius 1 is 1.26 bits per heavy atom. The topological polar surface area (TPSA) is 66.4 Å². The highest BCUT2D eigenvalue weighted by molar-refractivity contribution is 6.01. The fraction of sp³-hybridized carbons (Fsp3) is 0.333. The van der Waals surface area contributed by atoms with Crippen LogP contribution >= 0.6 is 0 Å². The fourth-order valence-corrected chi connectivity index (χ4v) is 2.08. The smallest absolute Gasteiger partial charge is 0.416 e. The van der Waals surface area contributed by atoms with Crippen LogP contribution in [0.1, 0.15) is 29.9 Å². The summed E-state index contributed by atoms with van der Waals surface area (Å²) < 4.78 is 38.6. The molecular weight excluding hydrogens is 263 g/mol. The van der Waals surface area contributed by atoms with E-state index in [4.69, 9.17) is 5.11 Å². The lowest BCUT2D eigenvalue weighted by molar-refractivity contribution is -0.139. The first-order valence-corrected chi connectivity index (χ1v) is 5.53. The van der Waals surface area contributed by atoms with Crippen molar-refractivity contribution in [1.29, 1.82) is 0 Å². The maximum Gasteiger partial charge on any atom is 0.416 e. The minimum absolute atomic E-state index is 0.00538. The Labute approximate surface area is 106 Å². The van der Waals surface area contributed by atoms with Crippen molar-refractivity contribution in [1.82, 2.24) is 5.32 Å². The standard InChI is InChI=1S/C12H10F3NO3/c13-12(14,15)9-5-6(17)1-2-7(9)8-3-4-10(18)16-11(8)19/h1-2,5,8,17H,3-4H2,(H,16,18,19). The average molecular weight is 273 g/mol. The highest BCUT2D eigenvalue weighted by Crippen LogP contribution is 2.39. The number of hydrogen-bond acceptors (Lipinski definition) is 3. The fourth-order valence-electron chi connectivity index (χ4n) is 2.08. The number of hydrogen-bond donors (Lipinski definition) is 2. The van der Waals surface area contributed by atoms with Gasteiger partial charge in [-0.25, -0.2) is 0 Å². The van der Waals surface area contributed by atoms with Crippen LogP contribution in [0, 0.1) is 0 Å². The van der Waals surface area contributed by atoms with Gasteiger partial charge in [0.2, 0.25) is 11.8 Å². The third-order valence-electron chi connectivity index (χ3n) is 2.96. The third kappa shape index (κ3) is 2.69. The number of nitrogens with one attached hydrogen (secondary N) is 1. The number of imide groups is 1. The molecule has 1 aromatic carbocycles. The van der Waals surface area contributed by atoms with E-state index >= 15 is 0 Å². The van der Waals surface area contributed by atoms with Gasteiger partial charge in [-0.05, 0) is 24.1 Å². The summed E-state index contributed by atoms with van der Waals surface area (Å²) in [4.78, 5) is 22.6. The summed E-state index contributed by atoms with van der Waals surface area (Å²) in [7, 11) is 0. The summed E-state index contributed by atoms with van der Waals surface area (Å²) in [5.74, 6) is -2.79. The summed E-state index contributed by atoms with van der Waals surface area (Å²) in [6, 6.07) is 2.74. The third-order valence-corrected chi connectivity index (χ3v) is 2.96. The van der Waals surface area contributed by atoms with Crippen molar-refractivity contribution >= 4 is 11.8 Å². The Morgan fingerprint density at radius 3 is 2.53 bits per heavy atom. The quantitative estimate of drug-likeness (QED) is 0.768. The zero-order valence-corrected chi connectivity index (χ0v) is 9.62. The van der Waals surface area contributed by atoms with Gasteiger partial charge in [-0.15, -0.1) is 0 Å². The predicted octanol–water partition coefficient (Wildman–Crippen LogP) is 1.93. The number of rotatable bonds is 1. The molecule has 7 heteroatoms. The average Bonchev–Trinajstić information content (AvgIpc) is 2.28. The summed E-state index contributed by atoms with van der Waals surface area (Å²) in [6.07, 6.45) is -4.65. The van der Waals surface area contributed by atoms with Crippen LogP contribution in [0.3, 0.4) is 0 Å². The molecule has 0 aliphatic carbocycles. The first kappa shape index (κ1) is 13.4. The highest BCUT2D eigenvalue weighted by Gasteiger charge is 2.38. The molecule has 19 heavy (non-hydrogen) atoms. The highest BCUT2D eigenvalue weighted by atomic mass is 19.4. The Hall–Kier alpha value is -2.05. The molecular formula is C12H10F3NO3. The molecule has 2 N–H and O–H groups in total. The number of halogens is 3. The van der Waals surface area contributed by atoms with Crippen molar-refractivity contribution in [2.24, 2.45) is 0 Å². The van der Waals surface area contributed by atoms with E-state index < -0.39 is 35.2 Å². The number of carbonyl (C=O) groups is 2. The van der Waals surface area contributed by atoms with Crippen molar-refractivity contribution in [2.75, 3.05) is 0 Å². The molecule has 2 amide bonds. The predicted molar refractivity (Wildman–Crippen MR) is 58.2 cm³/mol. The molecule has 0 saturated carbocycles. The van der Waals surface area contributed by atoms with Gasteiger partial charge in [-0.3, -0.25) is 14.9 Å². The van der Waals surface area contributed by atoms with Crippen LogP contribution in [0.4, 0.5) is 13.2 Å². The Kier molecular flexibility index (Phi) is 3.21. The molecule has 102 valence electrons. The molecule has 0 spiro atoms. The summed E-state index contributed by atoms with van der Waals surface area (Å²) in [5, 5.41) is 11.2. The van der Waals surface area contributed by atoms with Crippen LogP contribution in [-0.4, -0.2) is 16.9 Å². The molecule has 1 aromatic rings. The number of alkyl halides is 3. The van der Waals surface area contributed by atoms with Crippen LogP contribution < -0.4 is 5.32 Å². The molecule has 0 radical (unpaired) electrons. The first-order valence-electron chi connectivity index (χ1n) is 5.53. The summed E-state index contributed by atoms with van der Waals surface area (Å²) in [5.41, 5.74) is -1.28. The molecule has 1 aliphatic heterocycles. The molecule has 1 fully saturated rings. The minimum Gasteiger partial charge on any atom is -0.508 e. The van der Waals surface area contributed by atoms with Gasteiger partial charge in [0.05, 0.1) is 11.5 Å². The minimum atomic E-state index is -4.67. The molecule has 0 aromatic heterocycles. The second-order valence-corrected chi connectivity index (χ2v) is 4.27. The maximum atomic E-state index is 12.9. The van der Waals surface area contributed by atoms with E-state index in [1.807, 2.05) is 5.32 Å². The van der Waals surface area contributed by atoms with Crippen LogP contribution in [0.2, 0.25) is 0 Å². The number of phenolic OH excluding ortho intramolecular Hbond substituents is 1. The van der Waals surface area contributed by atoms with Crippen molar-refractivity contribution in [3.05, 3.63) is 29.3 Å². The van der Waals surface area contributed by atoms with Gasteiger partial charge in [0.1, 0.15) is 5.75 Å². The largest absolute Gasteiger partial charge is 0.508 e. The second-order valence-electron chi connectivity index (χ2n) is 4.27. The van der Waals surface area contributed by atoms with E-state index in [1.165, 1.54) is 0 Å². The van der Waals surface area contributed by atoms with Crippen molar-refractivity contribution in [2.45, 2.75) is 24.9 Å². The van der Waals surface area contributed by atoms with Crippen LogP contribution in [0.5, 0.6) is 5.75 Å². The normalized spacial score (nSPS) is 20.3. The number of carbonyl (C=O) groups excluding carboxylic acids is 2. The molecule has 1 heterocycles. The summed E-state index contributed by atoms with van der Waals surface area (Å²) in [6.45, 7) is 0. The van der Waals surface area contributed by atoms with Gasteiger partial charge in [-0.2, -0.15) is 13.2 Å². The lowest BCUT2D eigenvalue weighted by Gasteiger charge is -2.24. The number of piperidine rings is 1. The first-order chi connectivity index (χ1) is 8.79.